The molecule has 5 heteroatoms. The van der Waals surface area contributed by atoms with Gasteiger partial charge in [0.1, 0.15) is 0 Å². The minimum Gasteiger partial charge on any atom is -0.318 e. The molecule has 62 valence electrons. The van der Waals surface area contributed by atoms with Crippen molar-refractivity contribution in [2.24, 2.45) is 0 Å². The quantitative estimate of drug-likeness (QED) is 0.588. The normalized spacial score (nSPS) is 12.4. The first kappa shape index (κ1) is 9.87. The molecule has 0 bridgehead atoms. The first-order chi connectivity index (χ1) is 4.48. The van der Waals surface area contributed by atoms with Crippen molar-refractivity contribution in [2.75, 3.05) is 33.4 Å². The molecule has 0 unspecified atom stereocenters. The Balaban J connectivity index is 3.75. The Bertz CT molecular complexity index is 176. The lowest BCUT2D eigenvalue weighted by Crippen LogP contribution is -2.31. The van der Waals surface area contributed by atoms with Crippen LogP contribution in [0.15, 0.2) is 0 Å². The summed E-state index contributed by atoms with van der Waals surface area (Å²) in [5, 5.41) is 2.86. The van der Waals surface area contributed by atoms with Gasteiger partial charge in [0.15, 0.2) is 0 Å². The van der Waals surface area contributed by atoms with E-state index in [4.69, 9.17) is 0 Å². The lowest BCUT2D eigenvalue weighted by atomic mass is 10.6. The summed E-state index contributed by atoms with van der Waals surface area (Å²) < 4.78 is 22.8. The second kappa shape index (κ2) is 3.90. The molecule has 0 aliphatic carbocycles. The smallest absolute Gasteiger partial charge is 0.210 e. The Labute approximate surface area is 62.3 Å². The molecule has 0 atom stereocenters. The highest BCUT2D eigenvalue weighted by molar-refractivity contribution is 7.88. The van der Waals surface area contributed by atoms with Crippen LogP contribution in [0.4, 0.5) is 0 Å². The molecule has 0 aliphatic rings. The number of nitrogens with one attached hydrogen (secondary N) is 1. The highest BCUT2D eigenvalue weighted by Gasteiger charge is 2.08. The van der Waals surface area contributed by atoms with Gasteiger partial charge in [-0.3, -0.25) is 0 Å². The van der Waals surface area contributed by atoms with E-state index in [9.17, 15) is 8.42 Å². The first-order valence-corrected chi connectivity index (χ1v) is 4.89. The minimum absolute atomic E-state index is 0.523. The van der Waals surface area contributed by atoms with E-state index < -0.39 is 10.0 Å². The van der Waals surface area contributed by atoms with Crippen molar-refractivity contribution >= 4 is 10.0 Å². The lowest BCUT2D eigenvalue weighted by Gasteiger charge is -2.12. The molecule has 0 aromatic rings. The van der Waals surface area contributed by atoms with Gasteiger partial charge in [-0.1, -0.05) is 0 Å². The molecule has 0 saturated heterocycles. The van der Waals surface area contributed by atoms with E-state index in [2.05, 4.69) is 5.32 Å². The third kappa shape index (κ3) is 3.81. The molecule has 0 spiro atoms. The molecule has 0 saturated carbocycles. The van der Waals surface area contributed by atoms with E-state index in [-0.39, 0.29) is 0 Å². The molecule has 0 rings (SSSR count). The van der Waals surface area contributed by atoms with Gasteiger partial charge < -0.3 is 5.32 Å². The van der Waals surface area contributed by atoms with Crippen LogP contribution < -0.4 is 5.32 Å². The fraction of sp³-hybridized carbons (Fsp3) is 1.00. The summed E-state index contributed by atoms with van der Waals surface area (Å²) in [6.45, 7) is 1.21. The maximum absolute atomic E-state index is 10.7. The van der Waals surface area contributed by atoms with E-state index >= 15 is 0 Å². The van der Waals surface area contributed by atoms with E-state index in [1.165, 1.54) is 10.6 Å². The molecule has 4 nitrogen and oxygen atoms in total. The Kier molecular flexibility index (Phi) is 3.85. The van der Waals surface area contributed by atoms with Crippen LogP contribution in [0.5, 0.6) is 0 Å². The maximum Gasteiger partial charge on any atom is 0.210 e. The summed E-state index contributed by atoms with van der Waals surface area (Å²) in [4.78, 5) is 0. The van der Waals surface area contributed by atoms with Gasteiger partial charge >= 0.3 is 0 Å². The predicted molar refractivity (Wildman–Crippen MR) is 41.4 cm³/mol. The molecule has 0 fully saturated rings. The third-order valence-corrected chi connectivity index (χ3v) is 2.56. The van der Waals surface area contributed by atoms with Crippen molar-refractivity contribution in [3.63, 3.8) is 0 Å². The summed E-state index contributed by atoms with van der Waals surface area (Å²) >= 11 is 0. The Morgan fingerprint density at radius 2 is 2.00 bits per heavy atom. The zero-order chi connectivity index (χ0) is 8.20. The summed E-state index contributed by atoms with van der Waals surface area (Å²) in [6, 6.07) is 0. The third-order valence-electron chi connectivity index (χ3n) is 1.24. The molecular formula is C5H14N2O2S. The first-order valence-electron chi connectivity index (χ1n) is 3.04. The van der Waals surface area contributed by atoms with Crippen molar-refractivity contribution in [2.45, 2.75) is 0 Å². The molecule has 0 heterocycles. The fourth-order valence-electron chi connectivity index (χ4n) is 0.435. The number of nitrogens with zero attached hydrogens (tertiary/aromatic N) is 1. The molecule has 10 heavy (non-hydrogen) atoms. The van der Waals surface area contributed by atoms with E-state index in [0.29, 0.717) is 13.1 Å². The SMILES string of the molecule is CNCCN(C)S(C)(=O)=O. The summed E-state index contributed by atoms with van der Waals surface area (Å²) in [5.41, 5.74) is 0. The van der Waals surface area contributed by atoms with Crippen molar-refractivity contribution < 1.29 is 8.42 Å². The standard InChI is InChI=1S/C5H14N2O2S/c1-6-4-5-7(2)10(3,8)9/h6H,4-5H2,1-3H3. The number of rotatable bonds is 4. The van der Waals surface area contributed by atoms with Gasteiger partial charge in [-0.15, -0.1) is 0 Å². The second-order valence-corrected chi connectivity index (χ2v) is 4.28. The van der Waals surface area contributed by atoms with Crippen LogP contribution in [0.2, 0.25) is 0 Å². The van der Waals surface area contributed by atoms with Crippen LogP contribution in [-0.4, -0.2) is 46.2 Å². The maximum atomic E-state index is 10.7. The molecule has 0 radical (unpaired) electrons. The van der Waals surface area contributed by atoms with Crippen molar-refractivity contribution in [3.8, 4) is 0 Å². The Hall–Kier alpha value is -0.130. The average molecular weight is 166 g/mol. The molecule has 0 amide bonds. The summed E-state index contributed by atoms with van der Waals surface area (Å²) in [5.74, 6) is 0. The Morgan fingerprint density at radius 3 is 2.30 bits per heavy atom. The van der Waals surface area contributed by atoms with Gasteiger partial charge in [-0.05, 0) is 7.05 Å². The van der Waals surface area contributed by atoms with E-state index in [0.717, 1.165) is 0 Å². The van der Waals surface area contributed by atoms with Crippen LogP contribution >= 0.6 is 0 Å². The molecule has 0 aromatic heterocycles. The second-order valence-electron chi connectivity index (χ2n) is 2.19. The van der Waals surface area contributed by atoms with Crippen LogP contribution in [0.3, 0.4) is 0 Å². The fourth-order valence-corrected chi connectivity index (χ4v) is 0.858. The van der Waals surface area contributed by atoms with Crippen molar-refractivity contribution in [3.05, 3.63) is 0 Å². The van der Waals surface area contributed by atoms with Gasteiger partial charge in [0.25, 0.3) is 0 Å². The molecule has 0 aromatic carbocycles. The zero-order valence-corrected chi connectivity index (χ0v) is 7.40. The van der Waals surface area contributed by atoms with E-state index in [1.54, 1.807) is 14.1 Å². The predicted octanol–water partition coefficient (Wildman–Crippen LogP) is -0.903. The van der Waals surface area contributed by atoms with Gasteiger partial charge in [0, 0.05) is 20.1 Å². The number of sulfonamides is 1. The average Bonchev–Trinajstić information content (AvgIpc) is 1.80. The highest BCUT2D eigenvalue weighted by atomic mass is 32.2. The van der Waals surface area contributed by atoms with Gasteiger partial charge in [0.2, 0.25) is 10.0 Å². The summed E-state index contributed by atoms with van der Waals surface area (Å²) in [6.07, 6.45) is 1.20. The van der Waals surface area contributed by atoms with Gasteiger partial charge in [-0.25, -0.2) is 12.7 Å². The topological polar surface area (TPSA) is 49.4 Å². The Morgan fingerprint density at radius 1 is 1.50 bits per heavy atom. The molecule has 0 aliphatic heterocycles. The molecule has 1 N–H and O–H groups in total. The molecular weight excluding hydrogens is 152 g/mol. The lowest BCUT2D eigenvalue weighted by molar-refractivity contribution is 0.471. The van der Waals surface area contributed by atoms with Crippen LogP contribution in [0, 0.1) is 0 Å². The van der Waals surface area contributed by atoms with E-state index in [1.807, 2.05) is 0 Å². The minimum atomic E-state index is -2.98. The van der Waals surface area contributed by atoms with Crippen LogP contribution in [0.25, 0.3) is 0 Å². The van der Waals surface area contributed by atoms with Crippen molar-refractivity contribution in [1.82, 2.24) is 9.62 Å². The van der Waals surface area contributed by atoms with Crippen LogP contribution in [0.1, 0.15) is 0 Å². The zero-order valence-electron chi connectivity index (χ0n) is 6.59. The number of likely N-dealkylation sites (N-methyl/N-ethyl adjacent to an activating group) is 2. The highest BCUT2D eigenvalue weighted by Crippen LogP contribution is 1.89. The largest absolute Gasteiger partial charge is 0.318 e. The summed E-state index contributed by atoms with van der Waals surface area (Å²) in [7, 11) is 0.368. The van der Waals surface area contributed by atoms with Crippen molar-refractivity contribution in [1.29, 1.82) is 0 Å². The van der Waals surface area contributed by atoms with Crippen LogP contribution in [-0.2, 0) is 10.0 Å². The number of hydrogen-bond donors (Lipinski definition) is 1. The monoisotopic (exact) mass is 166 g/mol. The van der Waals surface area contributed by atoms with Gasteiger partial charge in [0.05, 0.1) is 6.26 Å². The van der Waals surface area contributed by atoms with Gasteiger partial charge in [-0.2, -0.15) is 0 Å². The number of hydrogen-bond acceptors (Lipinski definition) is 3.